The summed E-state index contributed by atoms with van der Waals surface area (Å²) in [4.78, 5) is 15.7. The summed E-state index contributed by atoms with van der Waals surface area (Å²) in [7, 11) is 0. The van der Waals surface area contributed by atoms with Crippen molar-refractivity contribution in [3.05, 3.63) is 72.3 Å². The molecule has 1 heterocycles. The molecule has 0 bridgehead atoms. The van der Waals surface area contributed by atoms with Gasteiger partial charge in [0.25, 0.3) is 0 Å². The zero-order valence-electron chi connectivity index (χ0n) is 15.3. The molecule has 1 amide bonds. The first-order valence-electron chi connectivity index (χ1n) is 9.25. The topological polar surface area (TPSA) is 54.1 Å². The fourth-order valence-corrected chi connectivity index (χ4v) is 3.36. The molecule has 136 valence electrons. The van der Waals surface area contributed by atoms with Crippen molar-refractivity contribution in [3.63, 3.8) is 0 Å². The van der Waals surface area contributed by atoms with E-state index in [0.29, 0.717) is 13.0 Å². The van der Waals surface area contributed by atoms with Crippen molar-refractivity contribution in [2.24, 2.45) is 0 Å². The van der Waals surface area contributed by atoms with Crippen LogP contribution in [0.4, 0.5) is 5.69 Å². The van der Waals surface area contributed by atoms with E-state index >= 15 is 0 Å². The standard InChI is InChI=1S/C23H22N2O2/c1-2-16-7-6-10-20-19-12-11-17(15-21(19)25-23(16)20)24-22(26)13-14-27-18-8-4-3-5-9-18/h3-12,15,25H,2,13-14H2,1H3,(H,24,26). The van der Waals surface area contributed by atoms with Crippen LogP contribution in [-0.2, 0) is 11.2 Å². The molecule has 1 aromatic heterocycles. The Hall–Kier alpha value is -3.27. The van der Waals surface area contributed by atoms with Gasteiger partial charge in [0.1, 0.15) is 5.75 Å². The molecule has 4 nitrogen and oxygen atoms in total. The van der Waals surface area contributed by atoms with E-state index in [2.05, 4.69) is 41.5 Å². The van der Waals surface area contributed by atoms with Crippen LogP contribution >= 0.6 is 0 Å². The van der Waals surface area contributed by atoms with Crippen LogP contribution in [0.5, 0.6) is 5.75 Å². The molecule has 3 aromatic carbocycles. The van der Waals surface area contributed by atoms with Crippen LogP contribution in [0.2, 0.25) is 0 Å². The van der Waals surface area contributed by atoms with E-state index in [1.807, 2.05) is 42.5 Å². The first-order chi connectivity index (χ1) is 13.2. The average Bonchev–Trinajstić information content (AvgIpc) is 3.06. The monoisotopic (exact) mass is 358 g/mol. The molecular weight excluding hydrogens is 336 g/mol. The molecule has 0 aliphatic heterocycles. The van der Waals surface area contributed by atoms with E-state index < -0.39 is 0 Å². The lowest BCUT2D eigenvalue weighted by Gasteiger charge is -2.07. The average molecular weight is 358 g/mol. The molecule has 0 saturated heterocycles. The van der Waals surface area contributed by atoms with Crippen molar-refractivity contribution >= 4 is 33.4 Å². The Morgan fingerprint density at radius 1 is 1.00 bits per heavy atom. The molecule has 4 aromatic rings. The van der Waals surface area contributed by atoms with Gasteiger partial charge in [0, 0.05) is 27.5 Å². The predicted octanol–water partition coefficient (Wildman–Crippen LogP) is 5.29. The molecule has 4 heteroatoms. The number of aromatic nitrogens is 1. The fourth-order valence-electron chi connectivity index (χ4n) is 3.36. The lowest BCUT2D eigenvalue weighted by Crippen LogP contribution is -2.15. The number of H-pyrrole nitrogens is 1. The highest BCUT2D eigenvalue weighted by Gasteiger charge is 2.09. The Balaban J connectivity index is 1.46. The van der Waals surface area contributed by atoms with Gasteiger partial charge in [0.2, 0.25) is 5.91 Å². The van der Waals surface area contributed by atoms with Gasteiger partial charge in [-0.05, 0) is 36.2 Å². The molecular formula is C23H22N2O2. The van der Waals surface area contributed by atoms with Gasteiger partial charge in [-0.15, -0.1) is 0 Å². The first kappa shape index (κ1) is 17.2. The number of carbonyl (C=O) groups is 1. The smallest absolute Gasteiger partial charge is 0.227 e. The van der Waals surface area contributed by atoms with Gasteiger partial charge in [0.15, 0.2) is 0 Å². The lowest BCUT2D eigenvalue weighted by molar-refractivity contribution is -0.116. The first-order valence-corrected chi connectivity index (χ1v) is 9.25. The second-order valence-corrected chi connectivity index (χ2v) is 6.54. The molecule has 2 N–H and O–H groups in total. The van der Waals surface area contributed by atoms with Gasteiger partial charge in [-0.25, -0.2) is 0 Å². The SMILES string of the molecule is CCc1cccc2c1[nH]c1cc(NC(=O)CCOc3ccccc3)ccc12. The van der Waals surface area contributed by atoms with Crippen molar-refractivity contribution in [2.45, 2.75) is 19.8 Å². The summed E-state index contributed by atoms with van der Waals surface area (Å²) in [5.74, 6) is 0.715. The molecule has 0 aliphatic carbocycles. The van der Waals surface area contributed by atoms with Gasteiger partial charge in [-0.2, -0.15) is 0 Å². The van der Waals surface area contributed by atoms with Crippen LogP contribution in [0.1, 0.15) is 18.9 Å². The highest BCUT2D eigenvalue weighted by molar-refractivity contribution is 6.09. The molecule has 0 fully saturated rings. The third-order valence-electron chi connectivity index (χ3n) is 4.73. The molecule has 0 aliphatic rings. The van der Waals surface area contributed by atoms with Crippen LogP contribution in [0, 0.1) is 0 Å². The van der Waals surface area contributed by atoms with Crippen LogP contribution in [0.3, 0.4) is 0 Å². The fraction of sp³-hybridized carbons (Fsp3) is 0.174. The maximum atomic E-state index is 12.2. The summed E-state index contributed by atoms with van der Waals surface area (Å²) in [6.45, 7) is 2.51. The molecule has 0 saturated carbocycles. The number of nitrogens with one attached hydrogen (secondary N) is 2. The third-order valence-corrected chi connectivity index (χ3v) is 4.73. The second kappa shape index (κ2) is 7.54. The lowest BCUT2D eigenvalue weighted by atomic mass is 10.1. The van der Waals surface area contributed by atoms with Crippen LogP contribution < -0.4 is 10.1 Å². The van der Waals surface area contributed by atoms with Crippen molar-refractivity contribution < 1.29 is 9.53 Å². The number of hydrogen-bond acceptors (Lipinski definition) is 2. The van der Waals surface area contributed by atoms with Crippen molar-refractivity contribution in [2.75, 3.05) is 11.9 Å². The zero-order chi connectivity index (χ0) is 18.6. The molecule has 4 rings (SSSR count). The van der Waals surface area contributed by atoms with Crippen molar-refractivity contribution in [3.8, 4) is 5.75 Å². The second-order valence-electron chi connectivity index (χ2n) is 6.54. The zero-order valence-corrected chi connectivity index (χ0v) is 15.3. The molecule has 0 atom stereocenters. The Kier molecular flexibility index (Phi) is 4.79. The number of rotatable bonds is 6. The number of aromatic amines is 1. The molecule has 0 radical (unpaired) electrons. The summed E-state index contributed by atoms with van der Waals surface area (Å²) in [5.41, 5.74) is 4.29. The van der Waals surface area contributed by atoms with Crippen LogP contribution in [-0.4, -0.2) is 17.5 Å². The minimum absolute atomic E-state index is 0.0596. The van der Waals surface area contributed by atoms with E-state index in [9.17, 15) is 4.79 Å². The van der Waals surface area contributed by atoms with E-state index in [1.54, 1.807) is 0 Å². The largest absolute Gasteiger partial charge is 0.493 e. The van der Waals surface area contributed by atoms with E-state index in [1.165, 1.54) is 21.9 Å². The van der Waals surface area contributed by atoms with Crippen LogP contribution in [0.15, 0.2) is 66.7 Å². The number of ether oxygens (including phenoxy) is 1. The quantitative estimate of drug-likeness (QED) is 0.492. The molecule has 0 unspecified atom stereocenters. The number of aryl methyl sites for hydroxylation is 1. The van der Waals surface area contributed by atoms with Crippen LogP contribution in [0.25, 0.3) is 21.8 Å². The van der Waals surface area contributed by atoms with E-state index in [0.717, 1.165) is 23.4 Å². The number of para-hydroxylation sites is 2. The minimum Gasteiger partial charge on any atom is -0.493 e. The summed E-state index contributed by atoms with van der Waals surface area (Å²) in [5, 5.41) is 5.35. The Bertz CT molecular complexity index is 1080. The number of amides is 1. The van der Waals surface area contributed by atoms with E-state index in [4.69, 9.17) is 4.74 Å². The Labute approximate surface area is 158 Å². The Morgan fingerprint density at radius 2 is 1.85 bits per heavy atom. The maximum absolute atomic E-state index is 12.2. The van der Waals surface area contributed by atoms with Gasteiger partial charge in [-0.3, -0.25) is 4.79 Å². The number of fused-ring (bicyclic) bond motifs is 3. The number of benzene rings is 3. The van der Waals surface area contributed by atoms with Crippen molar-refractivity contribution in [1.82, 2.24) is 4.98 Å². The normalized spacial score (nSPS) is 11.0. The van der Waals surface area contributed by atoms with Crippen molar-refractivity contribution in [1.29, 1.82) is 0 Å². The Morgan fingerprint density at radius 3 is 2.67 bits per heavy atom. The van der Waals surface area contributed by atoms with Gasteiger partial charge < -0.3 is 15.0 Å². The van der Waals surface area contributed by atoms with Gasteiger partial charge >= 0.3 is 0 Å². The highest BCUT2D eigenvalue weighted by Crippen LogP contribution is 2.29. The van der Waals surface area contributed by atoms with Gasteiger partial charge in [-0.1, -0.05) is 49.4 Å². The summed E-state index contributed by atoms with van der Waals surface area (Å²) in [6, 6.07) is 21.9. The van der Waals surface area contributed by atoms with E-state index in [-0.39, 0.29) is 5.91 Å². The molecule has 0 spiro atoms. The predicted molar refractivity (Wildman–Crippen MR) is 110 cm³/mol. The highest BCUT2D eigenvalue weighted by atomic mass is 16.5. The summed E-state index contributed by atoms with van der Waals surface area (Å²) >= 11 is 0. The summed E-state index contributed by atoms with van der Waals surface area (Å²) in [6.07, 6.45) is 1.29. The maximum Gasteiger partial charge on any atom is 0.227 e. The molecule has 27 heavy (non-hydrogen) atoms. The minimum atomic E-state index is -0.0596. The summed E-state index contributed by atoms with van der Waals surface area (Å²) < 4.78 is 5.58. The van der Waals surface area contributed by atoms with Gasteiger partial charge in [0.05, 0.1) is 13.0 Å². The number of carbonyl (C=O) groups excluding carboxylic acids is 1. The number of hydrogen-bond donors (Lipinski definition) is 2. The number of anilines is 1. The third kappa shape index (κ3) is 3.65.